The van der Waals surface area contributed by atoms with Crippen molar-refractivity contribution in [3.8, 4) is 11.5 Å². The summed E-state index contributed by atoms with van der Waals surface area (Å²) in [6.45, 7) is 2.51. The van der Waals surface area contributed by atoms with E-state index in [-0.39, 0.29) is 36.0 Å². The minimum atomic E-state index is -0.502. The molecule has 0 saturated carbocycles. The molecule has 1 aromatic heterocycles. The number of benzene rings is 3. The van der Waals surface area contributed by atoms with E-state index >= 15 is 0 Å². The first-order valence-electron chi connectivity index (χ1n) is 14.1. The van der Waals surface area contributed by atoms with Crippen molar-refractivity contribution in [3.05, 3.63) is 123 Å². The van der Waals surface area contributed by atoms with E-state index in [2.05, 4.69) is 17.1 Å². The second-order valence-electron chi connectivity index (χ2n) is 10.6. The highest BCUT2D eigenvalue weighted by Gasteiger charge is 2.46. The number of hydrogen-bond acceptors (Lipinski definition) is 8. The van der Waals surface area contributed by atoms with Crippen molar-refractivity contribution in [2.45, 2.75) is 36.4 Å². The van der Waals surface area contributed by atoms with Crippen LogP contribution >= 0.6 is 11.8 Å². The van der Waals surface area contributed by atoms with Gasteiger partial charge in [-0.3, -0.25) is 24.1 Å². The molecule has 1 fully saturated rings. The lowest BCUT2D eigenvalue weighted by molar-refractivity contribution is -0.131. The number of rotatable bonds is 5. The van der Waals surface area contributed by atoms with Crippen LogP contribution in [0.25, 0.3) is 0 Å². The summed E-state index contributed by atoms with van der Waals surface area (Å²) in [5.41, 5.74) is 3.48. The van der Waals surface area contributed by atoms with Crippen LogP contribution in [0.4, 0.5) is 0 Å². The van der Waals surface area contributed by atoms with Gasteiger partial charge in [-0.2, -0.15) is 0 Å². The lowest BCUT2D eigenvalue weighted by Crippen LogP contribution is -2.66. The number of ether oxygens (including phenoxy) is 3. The van der Waals surface area contributed by atoms with Crippen LogP contribution in [-0.2, 0) is 21.9 Å². The molecule has 1 amide bonds. The molecule has 3 aliphatic rings. The molecule has 0 spiro atoms. The lowest BCUT2D eigenvalue weighted by atomic mass is 9.92. The monoisotopic (exact) mass is 595 g/mol. The molecule has 4 aromatic rings. The molecule has 218 valence electrons. The van der Waals surface area contributed by atoms with Gasteiger partial charge >= 0.3 is 5.97 Å². The Morgan fingerprint density at radius 3 is 2.65 bits per heavy atom. The first-order valence-corrected chi connectivity index (χ1v) is 15.1. The third-order valence-corrected chi connectivity index (χ3v) is 9.06. The van der Waals surface area contributed by atoms with E-state index in [1.807, 2.05) is 54.6 Å². The van der Waals surface area contributed by atoms with Gasteiger partial charge in [0.2, 0.25) is 5.43 Å². The van der Waals surface area contributed by atoms with E-state index in [0.29, 0.717) is 24.7 Å². The zero-order valence-electron chi connectivity index (χ0n) is 23.5. The molecule has 2 atom stereocenters. The van der Waals surface area contributed by atoms with Crippen molar-refractivity contribution in [2.24, 2.45) is 0 Å². The first kappa shape index (κ1) is 27.3. The van der Waals surface area contributed by atoms with Gasteiger partial charge in [-0.05, 0) is 28.8 Å². The quantitative estimate of drug-likeness (QED) is 0.246. The van der Waals surface area contributed by atoms with Crippen LogP contribution in [-0.4, -0.2) is 47.4 Å². The lowest BCUT2D eigenvalue weighted by Gasteiger charge is -2.51. The topological polar surface area (TPSA) is 90.3 Å². The molecule has 3 aromatic carbocycles. The van der Waals surface area contributed by atoms with Crippen molar-refractivity contribution in [2.75, 3.05) is 24.8 Å². The number of hydrogen-bond donors (Lipinski definition) is 0. The molecule has 43 heavy (non-hydrogen) atoms. The normalized spacial score (nSPS) is 19.0. The third kappa shape index (κ3) is 4.86. The van der Waals surface area contributed by atoms with Crippen molar-refractivity contribution in [1.29, 1.82) is 0 Å². The summed E-state index contributed by atoms with van der Waals surface area (Å²) in [5.74, 6) is 0.397. The number of carbonyl (C=O) groups is 2. The van der Waals surface area contributed by atoms with E-state index < -0.39 is 18.2 Å². The van der Waals surface area contributed by atoms with E-state index in [1.54, 1.807) is 33.6 Å². The highest BCUT2D eigenvalue weighted by atomic mass is 32.2. The van der Waals surface area contributed by atoms with Gasteiger partial charge in [0, 0.05) is 41.9 Å². The van der Waals surface area contributed by atoms with Gasteiger partial charge in [-0.15, -0.1) is 11.8 Å². The number of thioether (sulfide) groups is 1. The minimum Gasteiger partial charge on any atom is -0.482 e. The van der Waals surface area contributed by atoms with E-state index in [1.165, 1.54) is 13.0 Å². The molecule has 1 saturated heterocycles. The Hall–Kier alpha value is -4.54. The molecule has 7 rings (SSSR count). The number of pyridine rings is 1. The zero-order chi connectivity index (χ0) is 29.5. The van der Waals surface area contributed by atoms with Crippen molar-refractivity contribution < 1.29 is 23.8 Å². The summed E-state index contributed by atoms with van der Waals surface area (Å²) < 4.78 is 19.6. The molecule has 0 unspecified atom stereocenters. The second-order valence-corrected chi connectivity index (χ2v) is 11.6. The molecule has 0 N–H and O–H groups in total. The molecular formula is C33H29N3O6S. The van der Waals surface area contributed by atoms with Crippen LogP contribution in [0.1, 0.15) is 45.7 Å². The Labute approximate surface area is 252 Å². The van der Waals surface area contributed by atoms with E-state index in [0.717, 1.165) is 27.1 Å². The molecule has 0 bridgehead atoms. The summed E-state index contributed by atoms with van der Waals surface area (Å²) in [4.78, 5) is 42.6. The smallest absolute Gasteiger partial charge is 0.308 e. The number of amides is 1. The maximum Gasteiger partial charge on any atom is 0.308 e. The Balaban J connectivity index is 1.46. The Kier molecular flexibility index (Phi) is 7.16. The van der Waals surface area contributed by atoms with Crippen LogP contribution in [0, 0.1) is 0 Å². The molecule has 4 heterocycles. The fourth-order valence-corrected chi connectivity index (χ4v) is 7.17. The predicted molar refractivity (Wildman–Crippen MR) is 161 cm³/mol. The largest absolute Gasteiger partial charge is 0.482 e. The second kappa shape index (κ2) is 11.3. The van der Waals surface area contributed by atoms with Crippen LogP contribution in [0.3, 0.4) is 0 Å². The standard InChI is InChI=1S/C33H29N3O6S/c1-21(37)42-26-12-7-10-23-20-43-27-13-6-5-11-24(27)30(29(23)26)36-28-19-40-17-16-34(28)33(39)31-32(25(38)14-15-35(31)36)41-18-22-8-3-2-4-9-22/h2-15,28,30H,16-20H2,1H3/t28-,30-/m1/s1. The number of aromatic nitrogens is 1. The zero-order valence-corrected chi connectivity index (χ0v) is 24.3. The van der Waals surface area contributed by atoms with Gasteiger partial charge in [0.15, 0.2) is 11.4 Å². The van der Waals surface area contributed by atoms with Gasteiger partial charge in [-0.25, -0.2) is 0 Å². The fraction of sp³-hybridized carbons (Fsp3) is 0.242. The van der Waals surface area contributed by atoms with Crippen molar-refractivity contribution in [3.63, 3.8) is 0 Å². The predicted octanol–water partition coefficient (Wildman–Crippen LogP) is 4.50. The average molecular weight is 596 g/mol. The minimum absolute atomic E-state index is 0.00364. The van der Waals surface area contributed by atoms with E-state index in [4.69, 9.17) is 14.2 Å². The van der Waals surface area contributed by atoms with Gasteiger partial charge in [0.05, 0.1) is 13.2 Å². The van der Waals surface area contributed by atoms with Crippen LogP contribution in [0.15, 0.2) is 94.7 Å². The van der Waals surface area contributed by atoms with Crippen LogP contribution < -0.4 is 19.9 Å². The SMILES string of the molecule is CC(=O)Oc1cccc2c1[C@H](N1[C@@H]3COCCN3C(=O)c3c(OCc4ccccc4)c(=O)ccn31)c1ccccc1SC2. The highest BCUT2D eigenvalue weighted by molar-refractivity contribution is 7.98. The number of esters is 1. The van der Waals surface area contributed by atoms with Gasteiger partial charge < -0.3 is 19.1 Å². The molecule has 10 heteroatoms. The van der Waals surface area contributed by atoms with Crippen molar-refractivity contribution in [1.82, 2.24) is 9.58 Å². The average Bonchev–Trinajstić information content (AvgIpc) is 3.19. The van der Waals surface area contributed by atoms with Crippen LogP contribution in [0.2, 0.25) is 0 Å². The Morgan fingerprint density at radius 2 is 1.81 bits per heavy atom. The summed E-state index contributed by atoms with van der Waals surface area (Å²) in [6, 6.07) is 24.3. The molecule has 9 nitrogen and oxygen atoms in total. The summed E-state index contributed by atoms with van der Waals surface area (Å²) >= 11 is 1.71. The maximum absolute atomic E-state index is 14.2. The van der Waals surface area contributed by atoms with Gasteiger partial charge in [-0.1, -0.05) is 60.7 Å². The van der Waals surface area contributed by atoms with Gasteiger partial charge in [0.25, 0.3) is 5.91 Å². The third-order valence-electron chi connectivity index (χ3n) is 7.93. The number of fused-ring (bicyclic) bond motifs is 4. The summed E-state index contributed by atoms with van der Waals surface area (Å²) in [5, 5.41) is 2.07. The Morgan fingerprint density at radius 1 is 1.00 bits per heavy atom. The molecular weight excluding hydrogens is 566 g/mol. The van der Waals surface area contributed by atoms with E-state index in [9.17, 15) is 14.4 Å². The maximum atomic E-state index is 14.2. The first-order chi connectivity index (χ1) is 21.0. The van der Waals surface area contributed by atoms with Gasteiger partial charge in [0.1, 0.15) is 24.6 Å². The molecule has 3 aliphatic heterocycles. The number of nitrogens with zero attached hydrogens (tertiary/aromatic N) is 3. The van der Waals surface area contributed by atoms with Crippen molar-refractivity contribution >= 4 is 23.6 Å². The number of morpholine rings is 1. The molecule has 0 aliphatic carbocycles. The number of carbonyl (C=O) groups excluding carboxylic acids is 2. The summed E-state index contributed by atoms with van der Waals surface area (Å²) in [6.07, 6.45) is 1.13. The fourth-order valence-electron chi connectivity index (χ4n) is 6.08. The summed E-state index contributed by atoms with van der Waals surface area (Å²) in [7, 11) is 0. The molecule has 0 radical (unpaired) electrons. The highest BCUT2D eigenvalue weighted by Crippen LogP contribution is 2.47. The Bertz CT molecular complexity index is 1770. The van der Waals surface area contributed by atoms with Crippen LogP contribution in [0.5, 0.6) is 11.5 Å².